The number of rotatable bonds is 21. The van der Waals surface area contributed by atoms with Gasteiger partial charge in [0.25, 0.3) is 0 Å². The van der Waals surface area contributed by atoms with Gasteiger partial charge in [-0.2, -0.15) is 0 Å². The Labute approximate surface area is 170 Å². The summed E-state index contributed by atoms with van der Waals surface area (Å²) in [5.41, 5.74) is 0. The van der Waals surface area contributed by atoms with Crippen molar-refractivity contribution >= 4 is 0 Å². The fourth-order valence-corrected chi connectivity index (χ4v) is 3.93. The Bertz CT molecular complexity index is 312. The molecule has 0 saturated heterocycles. The van der Waals surface area contributed by atoms with Gasteiger partial charge in [0, 0.05) is 0 Å². The van der Waals surface area contributed by atoms with Crippen molar-refractivity contribution in [3.63, 3.8) is 0 Å². The minimum absolute atomic E-state index is 0.222. The normalized spacial score (nSPS) is 12.3. The average molecular weight is 385 g/mol. The number of nitrogens with zero attached hydrogens (tertiary/aromatic N) is 1. The predicted octanol–water partition coefficient (Wildman–Crippen LogP) is 5.85. The molecule has 0 aliphatic rings. The van der Waals surface area contributed by atoms with Gasteiger partial charge in [-0.25, -0.2) is 0 Å². The summed E-state index contributed by atoms with van der Waals surface area (Å²) >= 11 is 0. The van der Waals surface area contributed by atoms with Crippen LogP contribution in [0.1, 0.15) is 104 Å². The molecule has 0 aromatic carbocycles. The van der Waals surface area contributed by atoms with E-state index in [4.69, 9.17) is 0 Å². The number of aliphatic hydroxyl groups excluding tert-OH is 2. The molecule has 162 valence electrons. The first kappa shape index (κ1) is 26.6. The van der Waals surface area contributed by atoms with E-state index in [0.717, 1.165) is 30.7 Å². The summed E-state index contributed by atoms with van der Waals surface area (Å²) in [5, 5.41) is 18.6. The molecule has 0 rings (SSSR count). The highest BCUT2D eigenvalue weighted by Crippen LogP contribution is 2.13. The molecule has 0 aromatic heterocycles. The van der Waals surface area contributed by atoms with Crippen molar-refractivity contribution in [1.82, 2.24) is 0 Å². The Kier molecular flexibility index (Phi) is 20.1. The average Bonchev–Trinajstić information content (AvgIpc) is 2.68. The molecule has 0 aliphatic heterocycles. The third-order valence-electron chi connectivity index (χ3n) is 5.96. The Balaban J connectivity index is 3.47. The van der Waals surface area contributed by atoms with Crippen molar-refractivity contribution in [3.05, 3.63) is 12.2 Å². The van der Waals surface area contributed by atoms with Gasteiger partial charge in [0.05, 0.1) is 26.3 Å². The molecule has 0 bridgehead atoms. The topological polar surface area (TPSA) is 40.5 Å². The molecular formula is C24H50NO2+. The van der Waals surface area contributed by atoms with E-state index in [0.29, 0.717) is 0 Å². The van der Waals surface area contributed by atoms with Crippen LogP contribution in [0.3, 0.4) is 0 Å². The number of aliphatic hydroxyl groups is 2. The van der Waals surface area contributed by atoms with Crippen LogP contribution in [0.15, 0.2) is 12.2 Å². The summed E-state index contributed by atoms with van der Waals surface area (Å²) in [4.78, 5) is 0. The lowest BCUT2D eigenvalue weighted by molar-refractivity contribution is -0.927. The smallest absolute Gasteiger partial charge is 0.102 e. The number of unbranched alkanes of at least 4 members (excludes halogenated alkanes) is 12. The highest BCUT2D eigenvalue weighted by Gasteiger charge is 2.23. The second kappa shape index (κ2) is 20.4. The maximum Gasteiger partial charge on any atom is 0.102 e. The number of quaternary nitrogens is 1. The lowest BCUT2D eigenvalue weighted by atomic mass is 10.1. The van der Waals surface area contributed by atoms with Crippen LogP contribution in [0.2, 0.25) is 0 Å². The fraction of sp³-hybridized carbons (Fsp3) is 0.917. The van der Waals surface area contributed by atoms with E-state index < -0.39 is 0 Å². The Morgan fingerprint density at radius 2 is 1.00 bits per heavy atom. The van der Waals surface area contributed by atoms with Crippen LogP contribution in [-0.2, 0) is 0 Å². The molecule has 0 aromatic rings. The van der Waals surface area contributed by atoms with Gasteiger partial charge in [-0.15, -0.1) is 0 Å². The number of hydrogen-bond acceptors (Lipinski definition) is 2. The van der Waals surface area contributed by atoms with Crippen LogP contribution in [0, 0.1) is 0 Å². The van der Waals surface area contributed by atoms with Crippen molar-refractivity contribution < 1.29 is 14.7 Å². The summed E-state index contributed by atoms with van der Waals surface area (Å²) in [6.45, 7) is 8.55. The molecule has 2 N–H and O–H groups in total. The van der Waals surface area contributed by atoms with Crippen LogP contribution in [0.5, 0.6) is 0 Å². The first-order chi connectivity index (χ1) is 13.2. The first-order valence-electron chi connectivity index (χ1n) is 12.0. The molecule has 0 radical (unpaired) electrons. The van der Waals surface area contributed by atoms with E-state index >= 15 is 0 Å². The highest BCUT2D eigenvalue weighted by molar-refractivity contribution is 4.81. The van der Waals surface area contributed by atoms with Gasteiger partial charge in [-0.1, -0.05) is 70.4 Å². The maximum absolute atomic E-state index is 9.29. The van der Waals surface area contributed by atoms with Crippen molar-refractivity contribution in [2.45, 2.75) is 104 Å². The van der Waals surface area contributed by atoms with E-state index in [9.17, 15) is 10.2 Å². The summed E-state index contributed by atoms with van der Waals surface area (Å²) in [6.07, 6.45) is 23.5. The molecule has 3 nitrogen and oxygen atoms in total. The molecule has 0 heterocycles. The number of hydrogen-bond donors (Lipinski definition) is 2. The van der Waals surface area contributed by atoms with Gasteiger partial charge in [-0.3, -0.25) is 0 Å². The SMILES string of the molecule is CCCCCCCC/C=C\CCCCCCCC[N+](CC)(CCO)CCO. The van der Waals surface area contributed by atoms with Crippen molar-refractivity contribution in [3.8, 4) is 0 Å². The minimum Gasteiger partial charge on any atom is -0.391 e. The second-order valence-corrected chi connectivity index (χ2v) is 8.21. The molecule has 0 spiro atoms. The zero-order valence-electron chi connectivity index (χ0n) is 18.6. The summed E-state index contributed by atoms with van der Waals surface area (Å²) in [7, 11) is 0. The number of allylic oxidation sites excluding steroid dienone is 2. The zero-order chi connectivity index (χ0) is 20.1. The highest BCUT2D eigenvalue weighted by atomic mass is 16.3. The molecule has 0 fully saturated rings. The maximum atomic E-state index is 9.29. The molecule has 0 amide bonds. The fourth-order valence-electron chi connectivity index (χ4n) is 3.93. The Morgan fingerprint density at radius 3 is 1.44 bits per heavy atom. The van der Waals surface area contributed by atoms with Crippen LogP contribution in [0.25, 0.3) is 0 Å². The standard InChI is InChI=1S/C24H50NO2/c1-3-5-6-7-8-9-10-11-12-13-14-15-16-17-18-19-20-25(4-2,21-23-26)22-24-27/h11-12,26-27H,3-10,13-24H2,1-2H3/q+1/b12-11-. The zero-order valence-corrected chi connectivity index (χ0v) is 18.6. The van der Waals surface area contributed by atoms with E-state index in [1.807, 2.05) is 0 Å². The Morgan fingerprint density at radius 1 is 0.556 bits per heavy atom. The van der Waals surface area contributed by atoms with Crippen molar-refractivity contribution in [1.29, 1.82) is 0 Å². The van der Waals surface area contributed by atoms with Crippen LogP contribution < -0.4 is 0 Å². The summed E-state index contributed by atoms with van der Waals surface area (Å²) in [5.74, 6) is 0. The van der Waals surface area contributed by atoms with Crippen molar-refractivity contribution in [2.75, 3.05) is 39.4 Å². The minimum atomic E-state index is 0.222. The molecular weight excluding hydrogens is 334 g/mol. The predicted molar refractivity (Wildman–Crippen MR) is 119 cm³/mol. The summed E-state index contributed by atoms with van der Waals surface area (Å²) < 4.78 is 0.871. The van der Waals surface area contributed by atoms with Gasteiger partial charge in [-0.05, 0) is 45.4 Å². The van der Waals surface area contributed by atoms with Gasteiger partial charge in [0.2, 0.25) is 0 Å². The van der Waals surface area contributed by atoms with E-state index in [1.54, 1.807) is 0 Å². The second-order valence-electron chi connectivity index (χ2n) is 8.21. The van der Waals surface area contributed by atoms with Gasteiger partial charge in [0.1, 0.15) is 13.1 Å². The number of likely N-dealkylation sites (N-methyl/N-ethyl adjacent to an activating group) is 1. The van der Waals surface area contributed by atoms with E-state index in [-0.39, 0.29) is 13.2 Å². The summed E-state index contributed by atoms with van der Waals surface area (Å²) in [6, 6.07) is 0. The molecule has 3 heteroatoms. The molecule has 0 unspecified atom stereocenters. The third kappa shape index (κ3) is 16.3. The largest absolute Gasteiger partial charge is 0.391 e. The van der Waals surface area contributed by atoms with Crippen LogP contribution in [0.4, 0.5) is 0 Å². The lowest BCUT2D eigenvalue weighted by Gasteiger charge is -2.37. The van der Waals surface area contributed by atoms with Gasteiger partial charge < -0.3 is 14.7 Å². The van der Waals surface area contributed by atoms with Gasteiger partial charge in [0.15, 0.2) is 0 Å². The Hall–Kier alpha value is -0.380. The van der Waals surface area contributed by atoms with Crippen LogP contribution >= 0.6 is 0 Å². The van der Waals surface area contributed by atoms with Crippen molar-refractivity contribution in [2.24, 2.45) is 0 Å². The lowest BCUT2D eigenvalue weighted by Crippen LogP contribution is -2.52. The molecule has 0 aliphatic carbocycles. The third-order valence-corrected chi connectivity index (χ3v) is 5.96. The molecule has 0 saturated carbocycles. The molecule has 27 heavy (non-hydrogen) atoms. The van der Waals surface area contributed by atoms with E-state index in [2.05, 4.69) is 26.0 Å². The quantitative estimate of drug-likeness (QED) is 0.148. The first-order valence-corrected chi connectivity index (χ1v) is 12.0. The van der Waals surface area contributed by atoms with Gasteiger partial charge >= 0.3 is 0 Å². The van der Waals surface area contributed by atoms with E-state index in [1.165, 1.54) is 89.9 Å². The molecule has 0 atom stereocenters. The van der Waals surface area contributed by atoms with Crippen LogP contribution in [-0.4, -0.2) is 54.1 Å². The monoisotopic (exact) mass is 384 g/mol.